The van der Waals surface area contributed by atoms with Gasteiger partial charge in [-0.25, -0.2) is 0 Å². The van der Waals surface area contributed by atoms with Gasteiger partial charge in [0, 0.05) is 32.1 Å². The normalized spacial score (nSPS) is 10.9. The third-order valence-corrected chi connectivity index (χ3v) is 6.25. The second-order valence-electron chi connectivity index (χ2n) is 6.37. The number of methoxy groups -OCH3 is 1. The number of benzene rings is 3. The molecule has 0 N–H and O–H groups in total. The Morgan fingerprint density at radius 2 is 1.57 bits per heavy atom. The molecule has 0 unspecified atom stereocenters. The Bertz CT molecular complexity index is 1160. The first-order chi connectivity index (χ1) is 14.5. The van der Waals surface area contributed by atoms with Gasteiger partial charge in [0.05, 0.1) is 7.11 Å². The number of nitrogens with zero attached hydrogens (tertiary/aromatic N) is 3. The van der Waals surface area contributed by atoms with E-state index in [1.807, 2.05) is 65.2 Å². The van der Waals surface area contributed by atoms with Gasteiger partial charge in [-0.15, -0.1) is 10.2 Å². The number of rotatable bonds is 6. The lowest BCUT2D eigenvalue weighted by molar-refractivity contribution is 0.415. The summed E-state index contributed by atoms with van der Waals surface area (Å²) in [6.07, 6.45) is 0. The topological polar surface area (TPSA) is 39.9 Å². The van der Waals surface area contributed by atoms with Crippen LogP contribution in [0.15, 0.2) is 71.9 Å². The van der Waals surface area contributed by atoms with Crippen molar-refractivity contribution < 1.29 is 4.74 Å². The van der Waals surface area contributed by atoms with Gasteiger partial charge in [-0.2, -0.15) is 0 Å². The van der Waals surface area contributed by atoms with Gasteiger partial charge in [0.25, 0.3) is 0 Å². The largest absolute Gasteiger partial charge is 0.497 e. The first-order valence-corrected chi connectivity index (χ1v) is 11.1. The Hall–Kier alpha value is -2.18. The van der Waals surface area contributed by atoms with E-state index in [0.29, 0.717) is 20.8 Å². The zero-order valence-corrected chi connectivity index (χ0v) is 18.9. The zero-order valence-electron chi connectivity index (χ0n) is 15.8. The van der Waals surface area contributed by atoms with Crippen molar-refractivity contribution >= 4 is 46.6 Å². The Kier molecular flexibility index (Phi) is 6.54. The molecule has 0 spiro atoms. The van der Waals surface area contributed by atoms with Crippen LogP contribution in [0.1, 0.15) is 5.56 Å². The molecule has 30 heavy (non-hydrogen) atoms. The molecule has 0 saturated heterocycles. The molecule has 0 aliphatic heterocycles. The summed E-state index contributed by atoms with van der Waals surface area (Å²) in [5.74, 6) is 2.14. The second-order valence-corrected chi connectivity index (χ2v) is 8.59. The second kappa shape index (κ2) is 9.31. The van der Waals surface area contributed by atoms with Crippen LogP contribution in [0.5, 0.6) is 5.75 Å². The summed E-state index contributed by atoms with van der Waals surface area (Å²) < 4.78 is 7.27. The average Bonchev–Trinajstić information content (AvgIpc) is 3.17. The van der Waals surface area contributed by atoms with Crippen molar-refractivity contribution in [1.82, 2.24) is 14.8 Å². The number of thioether (sulfide) groups is 1. The highest BCUT2D eigenvalue weighted by molar-refractivity contribution is 7.98. The molecule has 0 aliphatic carbocycles. The molecule has 4 nitrogen and oxygen atoms in total. The number of halogens is 3. The number of aromatic nitrogens is 3. The molecule has 1 heterocycles. The molecule has 1 aromatic heterocycles. The van der Waals surface area contributed by atoms with Crippen LogP contribution in [0.2, 0.25) is 15.1 Å². The summed E-state index contributed by atoms with van der Waals surface area (Å²) >= 11 is 20.0. The van der Waals surface area contributed by atoms with E-state index in [-0.39, 0.29) is 0 Å². The molecule has 4 aromatic rings. The Balaban J connectivity index is 1.72. The Morgan fingerprint density at radius 1 is 0.867 bits per heavy atom. The van der Waals surface area contributed by atoms with Gasteiger partial charge >= 0.3 is 0 Å². The van der Waals surface area contributed by atoms with Crippen LogP contribution in [-0.2, 0) is 5.75 Å². The minimum absolute atomic E-state index is 0.611. The maximum absolute atomic E-state index is 6.33. The summed E-state index contributed by atoms with van der Waals surface area (Å²) in [6, 6.07) is 20.8. The quantitative estimate of drug-likeness (QED) is 0.276. The molecule has 0 fully saturated rings. The van der Waals surface area contributed by atoms with Crippen LogP contribution in [0.25, 0.3) is 17.1 Å². The highest BCUT2D eigenvalue weighted by Crippen LogP contribution is 2.32. The fraction of sp³-hybridized carbons (Fsp3) is 0.0909. The maximum Gasteiger partial charge on any atom is 0.196 e. The van der Waals surface area contributed by atoms with E-state index >= 15 is 0 Å². The van der Waals surface area contributed by atoms with Gasteiger partial charge in [-0.05, 0) is 66.2 Å². The Morgan fingerprint density at radius 3 is 2.23 bits per heavy atom. The van der Waals surface area contributed by atoms with Crippen molar-refractivity contribution in [3.05, 3.63) is 87.4 Å². The van der Waals surface area contributed by atoms with E-state index in [1.165, 1.54) is 0 Å². The van der Waals surface area contributed by atoms with Crippen molar-refractivity contribution in [2.24, 2.45) is 0 Å². The molecule has 8 heteroatoms. The summed E-state index contributed by atoms with van der Waals surface area (Å²) in [7, 11) is 1.64. The van der Waals surface area contributed by atoms with E-state index in [4.69, 9.17) is 39.5 Å². The smallest absolute Gasteiger partial charge is 0.196 e. The van der Waals surface area contributed by atoms with Crippen molar-refractivity contribution in [3.8, 4) is 22.8 Å². The van der Waals surface area contributed by atoms with Gasteiger partial charge in [0.2, 0.25) is 0 Å². The lowest BCUT2D eigenvalue weighted by atomic mass is 10.2. The molecule has 3 aromatic carbocycles. The fourth-order valence-electron chi connectivity index (χ4n) is 2.89. The third-order valence-electron chi connectivity index (χ3n) is 4.44. The fourth-order valence-corrected chi connectivity index (χ4v) is 4.53. The summed E-state index contributed by atoms with van der Waals surface area (Å²) in [5, 5.41) is 11.5. The predicted molar refractivity (Wildman–Crippen MR) is 124 cm³/mol. The monoisotopic (exact) mass is 475 g/mol. The summed E-state index contributed by atoms with van der Waals surface area (Å²) in [4.78, 5) is 0. The lowest BCUT2D eigenvalue weighted by Crippen LogP contribution is -2.00. The first-order valence-electron chi connectivity index (χ1n) is 8.97. The molecule has 0 saturated carbocycles. The van der Waals surface area contributed by atoms with Crippen LogP contribution >= 0.6 is 46.6 Å². The summed E-state index contributed by atoms with van der Waals surface area (Å²) in [6.45, 7) is 0. The van der Waals surface area contributed by atoms with Crippen LogP contribution in [0, 0.1) is 0 Å². The third kappa shape index (κ3) is 4.60. The van der Waals surface area contributed by atoms with Gasteiger partial charge in [-0.3, -0.25) is 4.57 Å². The van der Waals surface area contributed by atoms with Gasteiger partial charge in [0.1, 0.15) is 5.75 Å². The molecule has 0 radical (unpaired) electrons. The molecular weight excluding hydrogens is 461 g/mol. The van der Waals surface area contributed by atoms with Crippen molar-refractivity contribution in [1.29, 1.82) is 0 Å². The lowest BCUT2D eigenvalue weighted by Gasteiger charge is -2.11. The van der Waals surface area contributed by atoms with Crippen LogP contribution in [-0.4, -0.2) is 21.9 Å². The number of hydrogen-bond donors (Lipinski definition) is 0. The summed E-state index contributed by atoms with van der Waals surface area (Å²) in [5.41, 5.74) is 2.82. The molecule has 0 atom stereocenters. The Labute approximate surface area is 193 Å². The van der Waals surface area contributed by atoms with Crippen molar-refractivity contribution in [3.63, 3.8) is 0 Å². The minimum Gasteiger partial charge on any atom is -0.497 e. The van der Waals surface area contributed by atoms with Gasteiger partial charge in [0.15, 0.2) is 11.0 Å². The standard InChI is InChI=1S/C22H16Cl3N3OS/c1-29-19-10-3-14(4-11-19)21-26-27-22(28(21)18-8-6-16(23)7-9-18)30-13-15-2-5-17(24)12-20(15)25/h2-12H,13H2,1H3. The SMILES string of the molecule is COc1ccc(-c2nnc(SCc3ccc(Cl)cc3Cl)n2-c2ccc(Cl)cc2)cc1. The van der Waals surface area contributed by atoms with E-state index in [1.54, 1.807) is 24.9 Å². The molecule has 0 bridgehead atoms. The van der Waals surface area contributed by atoms with Gasteiger partial charge < -0.3 is 4.74 Å². The van der Waals surface area contributed by atoms with E-state index in [9.17, 15) is 0 Å². The maximum atomic E-state index is 6.33. The molecule has 0 aliphatic rings. The van der Waals surface area contributed by atoms with Crippen molar-refractivity contribution in [2.45, 2.75) is 10.9 Å². The van der Waals surface area contributed by atoms with Crippen LogP contribution in [0.3, 0.4) is 0 Å². The van der Waals surface area contributed by atoms with E-state index in [2.05, 4.69) is 10.2 Å². The average molecular weight is 477 g/mol. The molecule has 152 valence electrons. The first kappa shape index (κ1) is 21.1. The van der Waals surface area contributed by atoms with Crippen LogP contribution < -0.4 is 4.74 Å². The van der Waals surface area contributed by atoms with Crippen molar-refractivity contribution in [2.75, 3.05) is 7.11 Å². The number of hydrogen-bond acceptors (Lipinski definition) is 4. The van der Waals surface area contributed by atoms with Gasteiger partial charge in [-0.1, -0.05) is 52.6 Å². The van der Waals surface area contributed by atoms with E-state index in [0.717, 1.165) is 33.5 Å². The highest BCUT2D eigenvalue weighted by Gasteiger charge is 2.17. The molecule has 0 amide bonds. The van der Waals surface area contributed by atoms with Crippen LogP contribution in [0.4, 0.5) is 0 Å². The predicted octanol–water partition coefficient (Wildman–Crippen LogP) is 7.20. The molecular formula is C22H16Cl3N3OS. The highest BCUT2D eigenvalue weighted by atomic mass is 35.5. The number of ether oxygens (including phenoxy) is 1. The minimum atomic E-state index is 0.611. The molecule has 4 rings (SSSR count). The van der Waals surface area contributed by atoms with E-state index < -0.39 is 0 Å². The zero-order chi connectivity index (χ0) is 21.1.